The van der Waals surface area contributed by atoms with Gasteiger partial charge in [0.05, 0.1) is 0 Å². The lowest BCUT2D eigenvalue weighted by atomic mass is 10.1. The summed E-state index contributed by atoms with van der Waals surface area (Å²) in [6.07, 6.45) is 0. The van der Waals surface area contributed by atoms with Crippen LogP contribution in [-0.2, 0) is 0 Å². The van der Waals surface area contributed by atoms with Gasteiger partial charge in [-0.2, -0.15) is 5.26 Å². The number of hydrogen-bond acceptors (Lipinski definition) is 3. The van der Waals surface area contributed by atoms with Crippen molar-refractivity contribution in [3.8, 4) is 16.6 Å². The van der Waals surface area contributed by atoms with Crippen LogP contribution in [0.25, 0.3) is 10.6 Å². The Hall–Kier alpha value is -1.66. The van der Waals surface area contributed by atoms with E-state index in [-0.39, 0.29) is 0 Å². The van der Waals surface area contributed by atoms with E-state index >= 15 is 0 Å². The summed E-state index contributed by atoms with van der Waals surface area (Å²) in [7, 11) is 0. The molecule has 0 saturated carbocycles. The molecule has 1 aromatic carbocycles. The van der Waals surface area contributed by atoms with Crippen LogP contribution in [0.2, 0.25) is 0 Å². The van der Waals surface area contributed by atoms with Crippen molar-refractivity contribution >= 4 is 11.3 Å². The monoisotopic (exact) mass is 214 g/mol. The van der Waals surface area contributed by atoms with E-state index in [1.54, 1.807) is 11.3 Å². The Kier molecular flexibility index (Phi) is 2.53. The molecule has 3 heteroatoms. The van der Waals surface area contributed by atoms with E-state index < -0.39 is 0 Å². The standard InChI is InChI=1S/C12H10N2S/c1-8-5-3-4-6-10(8)12-14-11(7-13)9(2)15-12/h3-6H,1-2H3. The lowest BCUT2D eigenvalue weighted by molar-refractivity contribution is 1.29. The molecule has 0 aliphatic carbocycles. The Morgan fingerprint density at radius 3 is 2.60 bits per heavy atom. The summed E-state index contributed by atoms with van der Waals surface area (Å²) in [5.41, 5.74) is 2.85. The van der Waals surface area contributed by atoms with Crippen molar-refractivity contribution in [1.82, 2.24) is 4.98 Å². The van der Waals surface area contributed by atoms with Crippen LogP contribution in [0.4, 0.5) is 0 Å². The lowest BCUT2D eigenvalue weighted by Crippen LogP contribution is -1.81. The minimum Gasteiger partial charge on any atom is -0.225 e. The van der Waals surface area contributed by atoms with Gasteiger partial charge in [0.15, 0.2) is 5.69 Å². The maximum absolute atomic E-state index is 8.84. The second-order valence-electron chi connectivity index (χ2n) is 3.35. The van der Waals surface area contributed by atoms with E-state index in [1.165, 1.54) is 5.56 Å². The number of nitrogens with zero attached hydrogens (tertiary/aromatic N) is 2. The number of benzene rings is 1. The van der Waals surface area contributed by atoms with Crippen molar-refractivity contribution in [2.75, 3.05) is 0 Å². The fourth-order valence-corrected chi connectivity index (χ4v) is 2.38. The summed E-state index contributed by atoms with van der Waals surface area (Å²) in [4.78, 5) is 5.30. The quantitative estimate of drug-likeness (QED) is 0.730. The number of aryl methyl sites for hydroxylation is 2. The summed E-state index contributed by atoms with van der Waals surface area (Å²) in [5.74, 6) is 0. The van der Waals surface area contributed by atoms with E-state index in [1.807, 2.05) is 25.1 Å². The topological polar surface area (TPSA) is 36.7 Å². The Labute approximate surface area is 92.8 Å². The molecule has 0 amide bonds. The van der Waals surface area contributed by atoms with E-state index in [0.717, 1.165) is 15.4 Å². The Morgan fingerprint density at radius 1 is 1.27 bits per heavy atom. The predicted molar refractivity (Wildman–Crippen MR) is 61.7 cm³/mol. The first kappa shape index (κ1) is 9.88. The van der Waals surface area contributed by atoms with Gasteiger partial charge >= 0.3 is 0 Å². The molecule has 0 unspecified atom stereocenters. The van der Waals surface area contributed by atoms with Crippen LogP contribution in [0.15, 0.2) is 24.3 Å². The molecular weight excluding hydrogens is 204 g/mol. The van der Waals surface area contributed by atoms with Crippen molar-refractivity contribution < 1.29 is 0 Å². The number of hydrogen-bond donors (Lipinski definition) is 0. The fourth-order valence-electron chi connectivity index (χ4n) is 1.43. The molecule has 1 heterocycles. The maximum atomic E-state index is 8.84. The van der Waals surface area contributed by atoms with Crippen LogP contribution in [0.3, 0.4) is 0 Å². The second-order valence-corrected chi connectivity index (χ2v) is 4.55. The van der Waals surface area contributed by atoms with E-state index in [0.29, 0.717) is 5.69 Å². The van der Waals surface area contributed by atoms with Gasteiger partial charge in [0, 0.05) is 10.4 Å². The maximum Gasteiger partial charge on any atom is 0.155 e. The van der Waals surface area contributed by atoms with Crippen LogP contribution in [0.5, 0.6) is 0 Å². The molecule has 0 aliphatic rings. The molecule has 0 radical (unpaired) electrons. The lowest BCUT2D eigenvalue weighted by Gasteiger charge is -1.99. The predicted octanol–water partition coefficient (Wildman–Crippen LogP) is 3.30. The van der Waals surface area contributed by atoms with Crippen LogP contribution >= 0.6 is 11.3 Å². The molecule has 2 aromatic rings. The van der Waals surface area contributed by atoms with Gasteiger partial charge in [-0.1, -0.05) is 24.3 Å². The van der Waals surface area contributed by atoms with Gasteiger partial charge < -0.3 is 0 Å². The number of aromatic nitrogens is 1. The van der Waals surface area contributed by atoms with Gasteiger partial charge in [-0.05, 0) is 19.4 Å². The molecule has 74 valence electrons. The molecule has 0 atom stereocenters. The molecule has 0 N–H and O–H groups in total. The zero-order chi connectivity index (χ0) is 10.8. The average Bonchev–Trinajstić information content (AvgIpc) is 2.60. The highest BCUT2D eigenvalue weighted by molar-refractivity contribution is 7.15. The van der Waals surface area contributed by atoms with E-state index in [9.17, 15) is 0 Å². The third-order valence-corrected chi connectivity index (χ3v) is 3.28. The van der Waals surface area contributed by atoms with Crippen LogP contribution in [-0.4, -0.2) is 4.98 Å². The van der Waals surface area contributed by atoms with Crippen LogP contribution in [0, 0.1) is 25.2 Å². The molecule has 0 fully saturated rings. The average molecular weight is 214 g/mol. The van der Waals surface area contributed by atoms with Crippen molar-refractivity contribution in [3.05, 3.63) is 40.4 Å². The summed E-state index contributed by atoms with van der Waals surface area (Å²) in [5, 5.41) is 9.77. The van der Waals surface area contributed by atoms with Crippen molar-refractivity contribution in [3.63, 3.8) is 0 Å². The summed E-state index contributed by atoms with van der Waals surface area (Å²) < 4.78 is 0. The number of thiazole rings is 1. The normalized spacial score (nSPS) is 9.93. The molecule has 1 aromatic heterocycles. The largest absolute Gasteiger partial charge is 0.225 e. The summed E-state index contributed by atoms with van der Waals surface area (Å²) in [6.45, 7) is 3.98. The van der Waals surface area contributed by atoms with E-state index in [4.69, 9.17) is 5.26 Å². The molecule has 2 rings (SSSR count). The first-order chi connectivity index (χ1) is 7.22. The van der Waals surface area contributed by atoms with Crippen LogP contribution < -0.4 is 0 Å². The second kappa shape index (κ2) is 3.84. The highest BCUT2D eigenvalue weighted by Gasteiger charge is 2.09. The molecule has 0 bridgehead atoms. The molecule has 15 heavy (non-hydrogen) atoms. The highest BCUT2D eigenvalue weighted by atomic mass is 32.1. The van der Waals surface area contributed by atoms with Gasteiger partial charge in [-0.15, -0.1) is 11.3 Å². The molecule has 0 spiro atoms. The van der Waals surface area contributed by atoms with Crippen molar-refractivity contribution in [1.29, 1.82) is 5.26 Å². The highest BCUT2D eigenvalue weighted by Crippen LogP contribution is 2.29. The third kappa shape index (κ3) is 1.77. The zero-order valence-electron chi connectivity index (χ0n) is 8.61. The Balaban J connectivity index is 2.56. The molecule has 2 nitrogen and oxygen atoms in total. The summed E-state index contributed by atoms with van der Waals surface area (Å²) in [6, 6.07) is 10.2. The number of nitriles is 1. The fraction of sp³-hybridized carbons (Fsp3) is 0.167. The molecular formula is C12H10N2S. The van der Waals surface area contributed by atoms with Gasteiger partial charge in [0.25, 0.3) is 0 Å². The number of rotatable bonds is 1. The zero-order valence-corrected chi connectivity index (χ0v) is 9.43. The SMILES string of the molecule is Cc1ccccc1-c1nc(C#N)c(C)s1. The van der Waals surface area contributed by atoms with Crippen LogP contribution in [0.1, 0.15) is 16.1 Å². The van der Waals surface area contributed by atoms with E-state index in [2.05, 4.69) is 24.0 Å². The van der Waals surface area contributed by atoms with Gasteiger partial charge in [-0.3, -0.25) is 0 Å². The molecule has 0 saturated heterocycles. The smallest absolute Gasteiger partial charge is 0.155 e. The first-order valence-corrected chi connectivity index (χ1v) is 5.47. The Bertz CT molecular complexity index is 535. The third-order valence-electron chi connectivity index (χ3n) is 2.28. The van der Waals surface area contributed by atoms with Gasteiger partial charge in [0.1, 0.15) is 11.1 Å². The van der Waals surface area contributed by atoms with Crippen molar-refractivity contribution in [2.45, 2.75) is 13.8 Å². The molecule has 0 aliphatic heterocycles. The minimum absolute atomic E-state index is 0.540. The van der Waals surface area contributed by atoms with Gasteiger partial charge in [-0.25, -0.2) is 4.98 Å². The summed E-state index contributed by atoms with van der Waals surface area (Å²) >= 11 is 1.57. The minimum atomic E-state index is 0.540. The first-order valence-electron chi connectivity index (χ1n) is 4.66. The van der Waals surface area contributed by atoms with Gasteiger partial charge in [0.2, 0.25) is 0 Å². The Morgan fingerprint density at radius 2 is 2.00 bits per heavy atom. The van der Waals surface area contributed by atoms with Crippen molar-refractivity contribution in [2.24, 2.45) is 0 Å².